The maximum Gasteiger partial charge on any atom is 0.335 e. The van der Waals surface area contributed by atoms with E-state index in [1.165, 1.54) is 0 Å². The van der Waals surface area contributed by atoms with Crippen molar-refractivity contribution in [2.45, 2.75) is 32.4 Å². The van der Waals surface area contributed by atoms with Gasteiger partial charge in [0.1, 0.15) is 0 Å². The molecule has 3 rings (SSSR count). The van der Waals surface area contributed by atoms with E-state index in [2.05, 4.69) is 42.8 Å². The Morgan fingerprint density at radius 3 is 2.52 bits per heavy atom. The lowest BCUT2D eigenvalue weighted by atomic mass is 10.0. The molecule has 2 aliphatic rings. The van der Waals surface area contributed by atoms with Crippen molar-refractivity contribution < 1.29 is 9.90 Å². The summed E-state index contributed by atoms with van der Waals surface area (Å²) in [5.41, 5.74) is 3.59. The fourth-order valence-electron chi connectivity index (χ4n) is 3.33. The van der Waals surface area contributed by atoms with Gasteiger partial charge in [-0.25, -0.2) is 4.79 Å². The highest BCUT2D eigenvalue weighted by molar-refractivity contribution is 6.17. The first-order valence-electron chi connectivity index (χ1n) is 7.51. The van der Waals surface area contributed by atoms with E-state index in [1.54, 1.807) is 0 Å². The molecule has 1 N–H and O–H groups in total. The van der Waals surface area contributed by atoms with E-state index in [0.717, 1.165) is 36.3 Å². The minimum atomic E-state index is -0.828. The molecular weight excluding hydrogens is 264 g/mol. The minimum absolute atomic E-state index is 0.446. The van der Waals surface area contributed by atoms with E-state index in [4.69, 9.17) is 0 Å². The number of piperazine rings is 1. The summed E-state index contributed by atoms with van der Waals surface area (Å²) in [4.78, 5) is 16.1. The zero-order valence-corrected chi connectivity index (χ0v) is 12.8. The lowest BCUT2D eigenvalue weighted by molar-refractivity contribution is -0.130. The molecule has 0 aromatic heterocycles. The Morgan fingerprint density at radius 2 is 1.90 bits per heavy atom. The van der Waals surface area contributed by atoms with Gasteiger partial charge in [0.2, 0.25) is 0 Å². The number of carbonyl (C=O) groups is 1. The van der Waals surface area contributed by atoms with Gasteiger partial charge >= 0.3 is 5.97 Å². The number of anilines is 1. The summed E-state index contributed by atoms with van der Waals surface area (Å²) in [5.74, 6) is -0.828. The van der Waals surface area contributed by atoms with Crippen molar-refractivity contribution in [2.24, 2.45) is 0 Å². The van der Waals surface area contributed by atoms with Crippen molar-refractivity contribution in [3.8, 4) is 0 Å². The van der Waals surface area contributed by atoms with E-state index in [-0.39, 0.29) is 0 Å². The number of hydrogen-bond acceptors (Lipinski definition) is 3. The van der Waals surface area contributed by atoms with Gasteiger partial charge < -0.3 is 10.0 Å². The van der Waals surface area contributed by atoms with Crippen LogP contribution in [0.15, 0.2) is 24.3 Å². The van der Waals surface area contributed by atoms with Crippen LogP contribution in [0.25, 0.3) is 5.57 Å². The normalized spacial score (nSPS) is 25.7. The Morgan fingerprint density at radius 1 is 1.24 bits per heavy atom. The number of benzene rings is 1. The fraction of sp³-hybridized carbons (Fsp3) is 0.471. The van der Waals surface area contributed by atoms with Crippen molar-refractivity contribution in [1.82, 2.24) is 4.90 Å². The summed E-state index contributed by atoms with van der Waals surface area (Å²) >= 11 is 0. The molecule has 0 unspecified atom stereocenters. The average molecular weight is 286 g/mol. The SMILES string of the molecule is C[C@@H]1CN(c2ccc3c(c2)C(C(=O)O)=CC3)C[C@H](C)N1C. The zero-order chi connectivity index (χ0) is 15.1. The maximum absolute atomic E-state index is 11.3. The van der Waals surface area contributed by atoms with Crippen LogP contribution in [0.1, 0.15) is 25.0 Å². The van der Waals surface area contributed by atoms with E-state index in [9.17, 15) is 9.90 Å². The van der Waals surface area contributed by atoms with Crippen LogP contribution in [0.5, 0.6) is 0 Å². The van der Waals surface area contributed by atoms with Crippen molar-refractivity contribution in [2.75, 3.05) is 25.0 Å². The van der Waals surface area contributed by atoms with Crippen LogP contribution in [0.2, 0.25) is 0 Å². The van der Waals surface area contributed by atoms with Crippen LogP contribution in [0.4, 0.5) is 5.69 Å². The number of aliphatic carboxylic acids is 1. The van der Waals surface area contributed by atoms with E-state index >= 15 is 0 Å². The molecule has 0 bridgehead atoms. The van der Waals surface area contributed by atoms with Gasteiger partial charge in [-0.3, -0.25) is 4.90 Å². The highest BCUT2D eigenvalue weighted by Gasteiger charge is 2.28. The number of nitrogens with zero attached hydrogens (tertiary/aromatic N) is 2. The largest absolute Gasteiger partial charge is 0.478 e. The van der Waals surface area contributed by atoms with E-state index in [1.807, 2.05) is 12.1 Å². The molecular formula is C17H22N2O2. The molecule has 1 fully saturated rings. The lowest BCUT2D eigenvalue weighted by Gasteiger charge is -2.43. The highest BCUT2D eigenvalue weighted by atomic mass is 16.4. The monoisotopic (exact) mass is 286 g/mol. The molecule has 21 heavy (non-hydrogen) atoms. The van der Waals surface area contributed by atoms with Gasteiger partial charge in [0, 0.05) is 30.9 Å². The van der Waals surface area contributed by atoms with Gasteiger partial charge in [0.05, 0.1) is 5.57 Å². The number of fused-ring (bicyclic) bond motifs is 1. The van der Waals surface area contributed by atoms with Gasteiger partial charge in [0.15, 0.2) is 0 Å². The highest BCUT2D eigenvalue weighted by Crippen LogP contribution is 2.32. The van der Waals surface area contributed by atoms with E-state index in [0.29, 0.717) is 17.7 Å². The smallest absolute Gasteiger partial charge is 0.335 e. The van der Waals surface area contributed by atoms with Crippen molar-refractivity contribution in [3.63, 3.8) is 0 Å². The maximum atomic E-state index is 11.3. The van der Waals surface area contributed by atoms with Crippen molar-refractivity contribution >= 4 is 17.2 Å². The standard InChI is InChI=1S/C17H22N2O2/c1-11-9-19(10-12(2)18(11)3)14-6-4-13-5-7-15(17(20)21)16(13)8-14/h4,6-8,11-12H,5,9-10H2,1-3H3,(H,20,21)/t11-,12+. The molecule has 4 heteroatoms. The van der Waals surface area contributed by atoms with Gasteiger partial charge in [-0.05, 0) is 50.6 Å². The molecule has 0 radical (unpaired) electrons. The number of likely N-dealkylation sites (N-methyl/N-ethyl adjacent to an activating group) is 1. The third-order valence-electron chi connectivity index (χ3n) is 4.87. The molecule has 1 aliphatic carbocycles. The topological polar surface area (TPSA) is 43.8 Å². The lowest BCUT2D eigenvalue weighted by Crippen LogP contribution is -2.55. The second-order valence-corrected chi connectivity index (χ2v) is 6.24. The summed E-state index contributed by atoms with van der Waals surface area (Å²) in [6, 6.07) is 7.24. The second kappa shape index (κ2) is 5.19. The van der Waals surface area contributed by atoms with Crippen LogP contribution < -0.4 is 4.90 Å². The molecule has 1 aliphatic heterocycles. The van der Waals surface area contributed by atoms with Crippen molar-refractivity contribution in [1.29, 1.82) is 0 Å². The van der Waals surface area contributed by atoms with Crippen LogP contribution in [0.3, 0.4) is 0 Å². The average Bonchev–Trinajstić information content (AvgIpc) is 2.87. The Bertz CT molecular complexity index is 597. The number of hydrogen-bond donors (Lipinski definition) is 1. The predicted molar refractivity (Wildman–Crippen MR) is 84.7 cm³/mol. The molecule has 1 heterocycles. The minimum Gasteiger partial charge on any atom is -0.478 e. The molecule has 0 saturated carbocycles. The zero-order valence-electron chi connectivity index (χ0n) is 12.8. The third kappa shape index (κ3) is 2.44. The fourth-order valence-corrected chi connectivity index (χ4v) is 3.33. The Balaban J connectivity index is 1.90. The molecule has 1 aromatic rings. The summed E-state index contributed by atoms with van der Waals surface area (Å²) in [7, 11) is 2.17. The predicted octanol–water partition coefficient (Wildman–Crippen LogP) is 2.24. The molecule has 0 amide bonds. The van der Waals surface area contributed by atoms with Crippen LogP contribution in [-0.2, 0) is 11.2 Å². The van der Waals surface area contributed by atoms with Gasteiger partial charge in [-0.1, -0.05) is 12.1 Å². The number of allylic oxidation sites excluding steroid dienone is 1. The van der Waals surface area contributed by atoms with Crippen LogP contribution in [0, 0.1) is 0 Å². The Hall–Kier alpha value is -1.81. The van der Waals surface area contributed by atoms with Gasteiger partial charge in [-0.2, -0.15) is 0 Å². The molecule has 1 aromatic carbocycles. The molecule has 0 spiro atoms. The Kier molecular flexibility index (Phi) is 3.49. The molecule has 1 saturated heterocycles. The Labute approximate surface area is 125 Å². The summed E-state index contributed by atoms with van der Waals surface area (Å²) in [6.45, 7) is 6.43. The first kappa shape index (κ1) is 14.1. The molecule has 4 nitrogen and oxygen atoms in total. The number of carboxylic acid groups (broad SMARTS) is 1. The quantitative estimate of drug-likeness (QED) is 0.905. The molecule has 112 valence electrons. The summed E-state index contributed by atoms with van der Waals surface area (Å²) in [5, 5.41) is 9.29. The second-order valence-electron chi connectivity index (χ2n) is 6.24. The third-order valence-corrected chi connectivity index (χ3v) is 4.87. The summed E-state index contributed by atoms with van der Waals surface area (Å²) in [6.07, 6.45) is 2.54. The number of carboxylic acids is 1. The van der Waals surface area contributed by atoms with Gasteiger partial charge in [-0.15, -0.1) is 0 Å². The van der Waals surface area contributed by atoms with Crippen LogP contribution >= 0.6 is 0 Å². The molecule has 2 atom stereocenters. The first-order chi connectivity index (χ1) is 9.97. The summed E-state index contributed by atoms with van der Waals surface area (Å²) < 4.78 is 0. The van der Waals surface area contributed by atoms with Crippen LogP contribution in [-0.4, -0.2) is 48.2 Å². The van der Waals surface area contributed by atoms with Gasteiger partial charge in [0.25, 0.3) is 0 Å². The van der Waals surface area contributed by atoms with E-state index < -0.39 is 5.97 Å². The number of rotatable bonds is 2. The van der Waals surface area contributed by atoms with Crippen molar-refractivity contribution in [3.05, 3.63) is 35.4 Å². The first-order valence-corrected chi connectivity index (χ1v) is 7.51.